The predicted molar refractivity (Wildman–Crippen MR) is 100 cm³/mol. The van der Waals surface area contributed by atoms with Crippen LogP contribution < -0.4 is 10.1 Å². The minimum atomic E-state index is -0.435. The summed E-state index contributed by atoms with van der Waals surface area (Å²) in [4.78, 5) is 12.8. The standard InChI is InChI=1S/C21H21N3O2/c1-26-18-9-7-17(8-10-18)21(12-13-21)20(25)22-19-11-14-24(23-19)15-16-5-3-2-4-6-16/h2-11,14H,12-13,15H2,1H3,(H,22,23,25). The number of rotatable bonds is 6. The Kier molecular flexibility index (Phi) is 4.21. The SMILES string of the molecule is COc1ccc(C2(C(=O)Nc3ccn(Cc4ccccc4)n3)CC2)cc1. The molecule has 1 saturated carbocycles. The summed E-state index contributed by atoms with van der Waals surface area (Å²) in [5, 5.41) is 7.45. The molecule has 1 aliphatic carbocycles. The van der Waals surface area contributed by atoms with Crippen LogP contribution in [0.15, 0.2) is 66.9 Å². The summed E-state index contributed by atoms with van der Waals surface area (Å²) < 4.78 is 7.03. The Hall–Kier alpha value is -3.08. The zero-order valence-corrected chi connectivity index (χ0v) is 14.7. The number of carbonyl (C=O) groups is 1. The summed E-state index contributed by atoms with van der Waals surface area (Å²) in [6, 6.07) is 19.7. The second-order valence-electron chi connectivity index (χ2n) is 6.65. The molecule has 2 aromatic carbocycles. The molecule has 5 nitrogen and oxygen atoms in total. The van der Waals surface area contributed by atoms with E-state index in [0.29, 0.717) is 12.4 Å². The number of benzene rings is 2. The normalized spacial score (nSPS) is 14.7. The van der Waals surface area contributed by atoms with Gasteiger partial charge in [0.2, 0.25) is 5.91 Å². The van der Waals surface area contributed by atoms with Crippen LogP contribution in [0.1, 0.15) is 24.0 Å². The summed E-state index contributed by atoms with van der Waals surface area (Å²) in [6.07, 6.45) is 3.60. The average Bonchev–Trinajstić information content (AvgIpc) is 3.39. The van der Waals surface area contributed by atoms with Gasteiger partial charge in [-0.05, 0) is 36.1 Å². The van der Waals surface area contributed by atoms with Gasteiger partial charge in [-0.15, -0.1) is 0 Å². The number of amides is 1. The number of hydrogen-bond donors (Lipinski definition) is 1. The number of methoxy groups -OCH3 is 1. The maximum atomic E-state index is 12.8. The molecule has 1 aromatic heterocycles. The monoisotopic (exact) mass is 347 g/mol. The highest BCUT2D eigenvalue weighted by Crippen LogP contribution is 2.49. The predicted octanol–water partition coefficient (Wildman–Crippen LogP) is 3.61. The number of nitrogens with zero attached hydrogens (tertiary/aromatic N) is 2. The number of ether oxygens (including phenoxy) is 1. The first kappa shape index (κ1) is 16.4. The van der Waals surface area contributed by atoms with Crippen LogP contribution in [0.3, 0.4) is 0 Å². The molecule has 3 aromatic rings. The van der Waals surface area contributed by atoms with E-state index in [9.17, 15) is 4.79 Å². The number of anilines is 1. The Morgan fingerprint density at radius 1 is 1.12 bits per heavy atom. The van der Waals surface area contributed by atoms with E-state index in [2.05, 4.69) is 22.5 Å². The highest BCUT2D eigenvalue weighted by molar-refractivity contribution is 6.00. The Morgan fingerprint density at radius 2 is 1.85 bits per heavy atom. The summed E-state index contributed by atoms with van der Waals surface area (Å²) in [7, 11) is 1.64. The third-order valence-corrected chi connectivity index (χ3v) is 4.90. The minimum absolute atomic E-state index is 0.00706. The quantitative estimate of drug-likeness (QED) is 0.741. The first-order valence-corrected chi connectivity index (χ1v) is 8.73. The molecule has 1 aliphatic rings. The topological polar surface area (TPSA) is 56.1 Å². The molecule has 132 valence electrons. The average molecular weight is 347 g/mol. The molecule has 1 heterocycles. The molecule has 0 unspecified atom stereocenters. The van der Waals surface area contributed by atoms with Gasteiger partial charge in [-0.1, -0.05) is 42.5 Å². The molecule has 1 fully saturated rings. The van der Waals surface area contributed by atoms with E-state index in [1.807, 2.05) is 59.4 Å². The van der Waals surface area contributed by atoms with Gasteiger partial charge in [0.1, 0.15) is 5.75 Å². The minimum Gasteiger partial charge on any atom is -0.497 e. The first-order valence-electron chi connectivity index (χ1n) is 8.73. The van der Waals surface area contributed by atoms with Gasteiger partial charge in [0.25, 0.3) is 0 Å². The molecule has 0 spiro atoms. The van der Waals surface area contributed by atoms with Gasteiger partial charge in [0.15, 0.2) is 5.82 Å². The van der Waals surface area contributed by atoms with Crippen LogP contribution in [0.4, 0.5) is 5.82 Å². The lowest BCUT2D eigenvalue weighted by Crippen LogP contribution is -2.28. The fraction of sp³-hybridized carbons (Fsp3) is 0.238. The van der Waals surface area contributed by atoms with Gasteiger partial charge >= 0.3 is 0 Å². The zero-order chi connectivity index (χ0) is 18.0. The zero-order valence-electron chi connectivity index (χ0n) is 14.7. The van der Waals surface area contributed by atoms with E-state index >= 15 is 0 Å². The maximum absolute atomic E-state index is 12.8. The second kappa shape index (κ2) is 6.67. The largest absolute Gasteiger partial charge is 0.497 e. The maximum Gasteiger partial charge on any atom is 0.236 e. The summed E-state index contributed by atoms with van der Waals surface area (Å²) in [5.41, 5.74) is 1.76. The van der Waals surface area contributed by atoms with Crippen LogP contribution in [0, 0.1) is 0 Å². The van der Waals surface area contributed by atoms with Crippen molar-refractivity contribution >= 4 is 11.7 Å². The van der Waals surface area contributed by atoms with Crippen LogP contribution in [0.2, 0.25) is 0 Å². The Morgan fingerprint density at radius 3 is 2.50 bits per heavy atom. The Bertz CT molecular complexity index is 897. The third-order valence-electron chi connectivity index (χ3n) is 4.90. The summed E-state index contributed by atoms with van der Waals surface area (Å²) in [6.45, 7) is 0.681. The van der Waals surface area contributed by atoms with E-state index in [-0.39, 0.29) is 5.91 Å². The third kappa shape index (κ3) is 3.20. The van der Waals surface area contributed by atoms with Crippen molar-refractivity contribution < 1.29 is 9.53 Å². The van der Waals surface area contributed by atoms with Crippen molar-refractivity contribution in [2.75, 3.05) is 12.4 Å². The van der Waals surface area contributed by atoms with Crippen molar-refractivity contribution in [2.45, 2.75) is 24.8 Å². The molecule has 0 aliphatic heterocycles. The summed E-state index contributed by atoms with van der Waals surface area (Å²) in [5.74, 6) is 1.39. The highest BCUT2D eigenvalue weighted by Gasteiger charge is 2.51. The van der Waals surface area contributed by atoms with Crippen LogP contribution in [-0.4, -0.2) is 22.8 Å². The lowest BCUT2D eigenvalue weighted by atomic mass is 9.95. The van der Waals surface area contributed by atoms with Crippen LogP contribution in [-0.2, 0) is 16.8 Å². The van der Waals surface area contributed by atoms with Crippen molar-refractivity contribution in [3.8, 4) is 5.75 Å². The molecule has 0 radical (unpaired) electrons. The van der Waals surface area contributed by atoms with Crippen LogP contribution in [0.25, 0.3) is 0 Å². The smallest absolute Gasteiger partial charge is 0.236 e. The van der Waals surface area contributed by atoms with Gasteiger partial charge in [-0.3, -0.25) is 9.48 Å². The fourth-order valence-corrected chi connectivity index (χ4v) is 3.20. The highest BCUT2D eigenvalue weighted by atomic mass is 16.5. The molecule has 1 N–H and O–H groups in total. The van der Waals surface area contributed by atoms with Crippen molar-refractivity contribution in [1.29, 1.82) is 0 Å². The van der Waals surface area contributed by atoms with Crippen LogP contribution >= 0.6 is 0 Å². The molecule has 26 heavy (non-hydrogen) atoms. The van der Waals surface area contributed by atoms with Crippen molar-refractivity contribution in [1.82, 2.24) is 9.78 Å². The Labute approximate surface area is 152 Å². The molecule has 0 saturated heterocycles. The molecular weight excluding hydrogens is 326 g/mol. The number of carbonyl (C=O) groups excluding carboxylic acids is 1. The van der Waals surface area contributed by atoms with E-state index in [4.69, 9.17) is 4.74 Å². The van der Waals surface area contributed by atoms with E-state index in [0.717, 1.165) is 24.2 Å². The molecule has 0 atom stereocenters. The van der Waals surface area contributed by atoms with Gasteiger partial charge < -0.3 is 10.1 Å². The lowest BCUT2D eigenvalue weighted by molar-refractivity contribution is -0.118. The molecular formula is C21H21N3O2. The van der Waals surface area contributed by atoms with Crippen molar-refractivity contribution in [3.05, 3.63) is 78.0 Å². The molecule has 1 amide bonds. The van der Waals surface area contributed by atoms with Gasteiger partial charge in [-0.2, -0.15) is 5.10 Å². The van der Waals surface area contributed by atoms with Crippen molar-refractivity contribution in [2.24, 2.45) is 0 Å². The van der Waals surface area contributed by atoms with E-state index < -0.39 is 5.41 Å². The van der Waals surface area contributed by atoms with E-state index in [1.54, 1.807) is 7.11 Å². The second-order valence-corrected chi connectivity index (χ2v) is 6.65. The lowest BCUT2D eigenvalue weighted by Gasteiger charge is -2.15. The number of hydrogen-bond acceptors (Lipinski definition) is 3. The Balaban J connectivity index is 1.44. The first-order chi connectivity index (χ1) is 12.7. The molecule has 0 bridgehead atoms. The van der Waals surface area contributed by atoms with E-state index in [1.165, 1.54) is 5.56 Å². The number of nitrogens with one attached hydrogen (secondary N) is 1. The molecule has 5 heteroatoms. The van der Waals surface area contributed by atoms with Crippen molar-refractivity contribution in [3.63, 3.8) is 0 Å². The molecule has 4 rings (SSSR count). The van der Waals surface area contributed by atoms with Crippen LogP contribution in [0.5, 0.6) is 5.75 Å². The number of aromatic nitrogens is 2. The fourth-order valence-electron chi connectivity index (χ4n) is 3.20. The van der Waals surface area contributed by atoms with Gasteiger partial charge in [0, 0.05) is 12.3 Å². The van der Waals surface area contributed by atoms with Gasteiger partial charge in [0.05, 0.1) is 19.1 Å². The van der Waals surface area contributed by atoms with Gasteiger partial charge in [-0.25, -0.2) is 0 Å². The summed E-state index contributed by atoms with van der Waals surface area (Å²) >= 11 is 0.